The summed E-state index contributed by atoms with van der Waals surface area (Å²) in [6.07, 6.45) is 0.359. The van der Waals surface area contributed by atoms with Crippen LogP contribution in [0.4, 0.5) is 10.5 Å². The molecule has 2 aliphatic rings. The second-order valence-electron chi connectivity index (χ2n) is 8.06. The maximum Gasteiger partial charge on any atom is 0.344 e. The van der Waals surface area contributed by atoms with E-state index in [1.807, 2.05) is 0 Å². The van der Waals surface area contributed by atoms with Crippen LogP contribution in [0.5, 0.6) is 5.75 Å². The fourth-order valence-corrected chi connectivity index (χ4v) is 5.08. The number of carbonyl (C=O) groups is 3. The van der Waals surface area contributed by atoms with Crippen molar-refractivity contribution in [3.63, 3.8) is 0 Å². The second kappa shape index (κ2) is 9.52. The molecule has 2 fully saturated rings. The van der Waals surface area contributed by atoms with Crippen molar-refractivity contribution in [1.29, 1.82) is 0 Å². The van der Waals surface area contributed by atoms with E-state index in [1.165, 1.54) is 23.5 Å². The normalized spacial score (nSPS) is 21.9. The highest BCUT2D eigenvalue weighted by Gasteiger charge is 2.47. The number of ether oxygens (including phenoxy) is 1. The summed E-state index contributed by atoms with van der Waals surface area (Å²) in [7, 11) is -2.75. The SMILES string of the molecule is CC[C@]1(C)NC(=O)N(NC(=O)CN2CCN(S(=O)(=O)c3ccc(OC)c([N+](=O)[O-])c3)CC2)C1=O. The van der Waals surface area contributed by atoms with Crippen LogP contribution < -0.4 is 15.5 Å². The molecule has 1 aromatic carbocycles. The Morgan fingerprint density at radius 1 is 1.26 bits per heavy atom. The lowest BCUT2D eigenvalue weighted by atomic mass is 10.00. The van der Waals surface area contributed by atoms with Gasteiger partial charge in [0, 0.05) is 32.2 Å². The number of hydrazine groups is 1. The molecular formula is C19H26N6O8S. The van der Waals surface area contributed by atoms with Crippen LogP contribution in [0.25, 0.3) is 0 Å². The van der Waals surface area contributed by atoms with Crippen molar-refractivity contribution in [3.05, 3.63) is 28.3 Å². The first-order valence-electron chi connectivity index (χ1n) is 10.4. The number of urea groups is 1. The average molecular weight is 499 g/mol. The first-order valence-corrected chi connectivity index (χ1v) is 11.9. The summed E-state index contributed by atoms with van der Waals surface area (Å²) in [5.74, 6) is -1.20. The highest BCUT2D eigenvalue weighted by Crippen LogP contribution is 2.30. The molecule has 0 aliphatic carbocycles. The molecule has 0 bridgehead atoms. The van der Waals surface area contributed by atoms with Crippen LogP contribution in [-0.4, -0.2) is 90.8 Å². The summed E-state index contributed by atoms with van der Waals surface area (Å²) >= 11 is 0. The topological polar surface area (TPSA) is 172 Å². The number of hydrogen-bond donors (Lipinski definition) is 2. The maximum atomic E-state index is 13.0. The van der Waals surface area contributed by atoms with Gasteiger partial charge in [0.05, 0.1) is 23.5 Å². The third-order valence-electron chi connectivity index (χ3n) is 5.89. The number of amides is 4. The first-order chi connectivity index (χ1) is 15.9. The number of nitrogens with one attached hydrogen (secondary N) is 2. The number of carbonyl (C=O) groups excluding carboxylic acids is 3. The monoisotopic (exact) mass is 498 g/mol. The summed E-state index contributed by atoms with van der Waals surface area (Å²) in [4.78, 5) is 48.7. The van der Waals surface area contributed by atoms with Gasteiger partial charge in [0.2, 0.25) is 10.0 Å². The van der Waals surface area contributed by atoms with Crippen LogP contribution in [-0.2, 0) is 19.6 Å². The molecule has 0 unspecified atom stereocenters. The Morgan fingerprint density at radius 3 is 2.44 bits per heavy atom. The highest BCUT2D eigenvalue weighted by molar-refractivity contribution is 7.89. The zero-order valence-corrected chi connectivity index (χ0v) is 19.8. The van der Waals surface area contributed by atoms with E-state index < -0.39 is 44.0 Å². The average Bonchev–Trinajstić information content (AvgIpc) is 3.02. The lowest BCUT2D eigenvalue weighted by molar-refractivity contribution is -0.386. The quantitative estimate of drug-likeness (QED) is 0.276. The van der Waals surface area contributed by atoms with Gasteiger partial charge < -0.3 is 10.1 Å². The van der Waals surface area contributed by atoms with Gasteiger partial charge in [0.25, 0.3) is 11.8 Å². The summed E-state index contributed by atoms with van der Waals surface area (Å²) in [5.41, 5.74) is 0.752. The van der Waals surface area contributed by atoms with Gasteiger partial charge in [-0.05, 0) is 25.5 Å². The molecule has 1 atom stereocenters. The number of nitro groups is 1. The van der Waals surface area contributed by atoms with Gasteiger partial charge in [0.15, 0.2) is 5.75 Å². The zero-order chi connectivity index (χ0) is 25.3. The molecule has 1 aromatic rings. The van der Waals surface area contributed by atoms with E-state index in [-0.39, 0.29) is 43.4 Å². The molecule has 34 heavy (non-hydrogen) atoms. The number of hydrogen-bond acceptors (Lipinski definition) is 9. The fraction of sp³-hybridized carbons (Fsp3) is 0.526. The number of piperazine rings is 1. The summed E-state index contributed by atoms with van der Waals surface area (Å²) in [6, 6.07) is 2.71. The van der Waals surface area contributed by atoms with Crippen LogP contribution >= 0.6 is 0 Å². The number of imide groups is 1. The Morgan fingerprint density at radius 2 is 1.91 bits per heavy atom. The number of methoxy groups -OCH3 is 1. The minimum Gasteiger partial charge on any atom is -0.490 e. The van der Waals surface area contributed by atoms with Gasteiger partial charge in [-0.25, -0.2) is 13.2 Å². The predicted molar refractivity (Wildman–Crippen MR) is 117 cm³/mol. The van der Waals surface area contributed by atoms with Crippen LogP contribution in [0.15, 0.2) is 23.1 Å². The molecule has 0 spiro atoms. The molecule has 2 saturated heterocycles. The minimum absolute atomic E-state index is 0.0481. The van der Waals surface area contributed by atoms with Crippen LogP contribution in [0.1, 0.15) is 20.3 Å². The first kappa shape index (κ1) is 25.3. The number of nitro benzene ring substituents is 1. The summed E-state index contributed by atoms with van der Waals surface area (Å²) in [5, 5.41) is 14.4. The van der Waals surface area contributed by atoms with Crippen LogP contribution in [0.2, 0.25) is 0 Å². The van der Waals surface area contributed by atoms with Gasteiger partial charge in [-0.1, -0.05) is 6.92 Å². The fourth-order valence-electron chi connectivity index (χ4n) is 3.64. The molecule has 0 saturated carbocycles. The molecular weight excluding hydrogens is 472 g/mol. The van der Waals surface area contributed by atoms with Crippen molar-refractivity contribution >= 4 is 33.6 Å². The largest absolute Gasteiger partial charge is 0.490 e. The molecule has 2 aliphatic heterocycles. The Bertz CT molecular complexity index is 1120. The Hall–Kier alpha value is -3.30. The third-order valence-corrected chi connectivity index (χ3v) is 7.78. The zero-order valence-electron chi connectivity index (χ0n) is 18.9. The van der Waals surface area contributed by atoms with E-state index in [4.69, 9.17) is 4.74 Å². The van der Waals surface area contributed by atoms with Crippen molar-refractivity contribution < 1.29 is 32.5 Å². The predicted octanol–water partition coefficient (Wildman–Crippen LogP) is -0.339. The molecule has 15 heteroatoms. The van der Waals surface area contributed by atoms with Crippen LogP contribution in [0, 0.1) is 10.1 Å². The minimum atomic E-state index is -4.00. The van der Waals surface area contributed by atoms with E-state index in [0.717, 1.165) is 6.07 Å². The Labute approximate surface area is 196 Å². The lowest BCUT2D eigenvalue weighted by Crippen LogP contribution is -2.54. The van der Waals surface area contributed by atoms with Gasteiger partial charge >= 0.3 is 11.7 Å². The second-order valence-corrected chi connectivity index (χ2v) is 10.0. The maximum absolute atomic E-state index is 13.0. The van der Waals surface area contributed by atoms with Crippen molar-refractivity contribution in [2.75, 3.05) is 39.8 Å². The van der Waals surface area contributed by atoms with Gasteiger partial charge in [0.1, 0.15) is 5.54 Å². The molecule has 3 rings (SSSR count). The molecule has 14 nitrogen and oxygen atoms in total. The van der Waals surface area contributed by atoms with E-state index in [1.54, 1.807) is 18.7 Å². The number of sulfonamides is 1. The van der Waals surface area contributed by atoms with Crippen molar-refractivity contribution in [2.45, 2.75) is 30.7 Å². The van der Waals surface area contributed by atoms with Gasteiger partial charge in [-0.15, -0.1) is 0 Å². The summed E-state index contributed by atoms with van der Waals surface area (Å²) < 4.78 is 32.0. The standard InChI is InChI=1S/C19H26N6O8S/c1-4-19(2)17(27)24(18(28)20-19)21-16(26)12-22-7-9-23(10-8-22)34(31,32)13-5-6-15(33-3)14(11-13)25(29)30/h5-6,11H,4,7-10,12H2,1-3H3,(H,20,28)(H,21,26)/t19-/m0/s1. The molecule has 2 heterocycles. The summed E-state index contributed by atoms with van der Waals surface area (Å²) in [6.45, 7) is 3.66. The van der Waals surface area contributed by atoms with Crippen molar-refractivity contribution in [3.8, 4) is 5.75 Å². The van der Waals surface area contributed by atoms with Gasteiger partial charge in [-0.3, -0.25) is 30.0 Å². The lowest BCUT2D eigenvalue weighted by Gasteiger charge is -2.33. The van der Waals surface area contributed by atoms with Gasteiger partial charge in [-0.2, -0.15) is 9.31 Å². The van der Waals surface area contributed by atoms with Crippen LogP contribution in [0.3, 0.4) is 0 Å². The Kier molecular flexibility index (Phi) is 7.09. The third kappa shape index (κ3) is 4.80. The number of benzene rings is 1. The van der Waals surface area contributed by atoms with Crippen molar-refractivity contribution in [1.82, 2.24) is 25.0 Å². The molecule has 4 amide bonds. The van der Waals surface area contributed by atoms with E-state index in [0.29, 0.717) is 11.4 Å². The Balaban J connectivity index is 1.59. The van der Waals surface area contributed by atoms with E-state index in [2.05, 4.69) is 10.7 Å². The molecule has 2 N–H and O–H groups in total. The number of rotatable bonds is 8. The molecule has 0 radical (unpaired) electrons. The highest BCUT2D eigenvalue weighted by atomic mass is 32.2. The van der Waals surface area contributed by atoms with E-state index >= 15 is 0 Å². The number of nitrogens with zero attached hydrogens (tertiary/aromatic N) is 4. The van der Waals surface area contributed by atoms with E-state index in [9.17, 15) is 32.9 Å². The molecule has 0 aromatic heterocycles. The van der Waals surface area contributed by atoms with Crippen molar-refractivity contribution in [2.24, 2.45) is 0 Å². The molecule has 186 valence electrons. The smallest absolute Gasteiger partial charge is 0.344 e.